The molecule has 0 amide bonds. The summed E-state index contributed by atoms with van der Waals surface area (Å²) in [5, 5.41) is 30.9. The third-order valence-corrected chi connectivity index (χ3v) is 6.86. The summed E-state index contributed by atoms with van der Waals surface area (Å²) in [6.45, 7) is 7.14. The molecule has 176 valence electrons. The number of hydrogen-bond acceptors (Lipinski definition) is 8. The van der Waals surface area contributed by atoms with E-state index >= 15 is 0 Å². The fourth-order valence-corrected chi connectivity index (χ4v) is 4.69. The van der Waals surface area contributed by atoms with Crippen LogP contribution in [0.3, 0.4) is 0 Å². The van der Waals surface area contributed by atoms with Crippen LogP contribution in [0.5, 0.6) is 0 Å². The Morgan fingerprint density at radius 3 is 2.91 bits per heavy atom. The Morgan fingerprint density at radius 2 is 2.15 bits per heavy atom. The van der Waals surface area contributed by atoms with E-state index in [-0.39, 0.29) is 6.61 Å². The average Bonchev–Trinajstić information content (AvgIpc) is 3.38. The van der Waals surface area contributed by atoms with Gasteiger partial charge in [0.1, 0.15) is 6.07 Å². The summed E-state index contributed by atoms with van der Waals surface area (Å²) in [6, 6.07) is 9.92. The second kappa shape index (κ2) is 9.05. The van der Waals surface area contributed by atoms with Gasteiger partial charge in [-0.05, 0) is 49.4 Å². The minimum atomic E-state index is -0.445. The number of rotatable bonds is 6. The van der Waals surface area contributed by atoms with Crippen LogP contribution < -0.4 is 10.6 Å². The number of aliphatic hydroxyl groups is 1. The molecule has 0 spiro atoms. The van der Waals surface area contributed by atoms with Gasteiger partial charge in [0.05, 0.1) is 23.6 Å². The van der Waals surface area contributed by atoms with Crippen LogP contribution in [0.4, 0.5) is 17.5 Å². The van der Waals surface area contributed by atoms with Crippen LogP contribution in [0.15, 0.2) is 30.5 Å². The van der Waals surface area contributed by atoms with E-state index in [0.717, 1.165) is 55.1 Å². The first-order valence-electron chi connectivity index (χ1n) is 11.6. The zero-order chi connectivity index (χ0) is 23.7. The Morgan fingerprint density at radius 1 is 1.32 bits per heavy atom. The van der Waals surface area contributed by atoms with Gasteiger partial charge in [0.15, 0.2) is 5.82 Å². The van der Waals surface area contributed by atoms with Crippen molar-refractivity contribution in [1.29, 1.82) is 5.26 Å². The molecule has 0 bridgehead atoms. The van der Waals surface area contributed by atoms with Gasteiger partial charge in [-0.1, -0.05) is 6.92 Å². The quantitative estimate of drug-likeness (QED) is 0.513. The predicted molar refractivity (Wildman–Crippen MR) is 129 cm³/mol. The molecule has 0 unspecified atom stereocenters. The van der Waals surface area contributed by atoms with E-state index in [1.165, 1.54) is 0 Å². The molecule has 9 nitrogen and oxygen atoms in total. The van der Waals surface area contributed by atoms with E-state index < -0.39 is 5.41 Å². The zero-order valence-electron chi connectivity index (χ0n) is 19.5. The summed E-state index contributed by atoms with van der Waals surface area (Å²) in [5.74, 6) is 1.72. The van der Waals surface area contributed by atoms with Crippen molar-refractivity contribution in [2.24, 2.45) is 5.92 Å². The molecule has 2 aromatic heterocycles. The maximum atomic E-state index is 9.96. The maximum Gasteiger partial charge on any atom is 0.228 e. The second-order valence-electron chi connectivity index (χ2n) is 9.43. The first kappa shape index (κ1) is 22.3. The average molecular weight is 460 g/mol. The Labute approximate surface area is 198 Å². The van der Waals surface area contributed by atoms with Crippen molar-refractivity contribution in [2.45, 2.75) is 38.6 Å². The molecular formula is C25H29N7O2. The van der Waals surface area contributed by atoms with Gasteiger partial charge in [-0.2, -0.15) is 10.4 Å². The molecule has 5 rings (SSSR count). The monoisotopic (exact) mass is 459 g/mol. The lowest BCUT2D eigenvalue weighted by atomic mass is 9.83. The molecule has 2 aliphatic heterocycles. The number of nitrogens with one attached hydrogen (secondary N) is 2. The van der Waals surface area contributed by atoms with Crippen molar-refractivity contribution >= 4 is 17.5 Å². The summed E-state index contributed by atoms with van der Waals surface area (Å²) < 4.78 is 7.50. The van der Waals surface area contributed by atoms with Crippen LogP contribution in [0.25, 0.3) is 11.3 Å². The van der Waals surface area contributed by atoms with E-state index in [1.807, 2.05) is 35.9 Å². The Kier molecular flexibility index (Phi) is 5.94. The zero-order valence-corrected chi connectivity index (χ0v) is 19.5. The third kappa shape index (κ3) is 4.22. The number of aliphatic hydroxyl groups excluding tert-OH is 1. The van der Waals surface area contributed by atoms with Gasteiger partial charge in [0.25, 0.3) is 0 Å². The number of hydrogen-bond donors (Lipinski definition) is 3. The first-order valence-corrected chi connectivity index (χ1v) is 11.6. The summed E-state index contributed by atoms with van der Waals surface area (Å²) in [4.78, 5) is 9.06. The largest absolute Gasteiger partial charge is 0.395 e. The number of aromatic nitrogens is 4. The van der Waals surface area contributed by atoms with Crippen LogP contribution in [-0.4, -0.2) is 51.2 Å². The Balaban J connectivity index is 1.40. The molecule has 1 atom stereocenters. The van der Waals surface area contributed by atoms with Crippen molar-refractivity contribution in [3.8, 4) is 17.3 Å². The highest BCUT2D eigenvalue weighted by Gasteiger charge is 2.36. The highest BCUT2D eigenvalue weighted by molar-refractivity contribution is 5.76. The molecule has 0 aliphatic carbocycles. The molecule has 9 heteroatoms. The summed E-state index contributed by atoms with van der Waals surface area (Å²) >= 11 is 0. The number of anilines is 3. The van der Waals surface area contributed by atoms with Crippen LogP contribution in [0.1, 0.15) is 36.6 Å². The van der Waals surface area contributed by atoms with E-state index in [2.05, 4.69) is 33.6 Å². The predicted octanol–water partition coefficient (Wildman–Crippen LogP) is 3.37. The smallest absolute Gasteiger partial charge is 0.228 e. The Bertz CT molecular complexity index is 1240. The molecule has 4 heterocycles. The SMILES string of the molecule is Cc1cc(Nc2nccc(-c3cc(C#N)c4c(c3)[C@@](C)(CO)CN4)n2)nn1CC1CCOCC1. The minimum Gasteiger partial charge on any atom is -0.395 e. The number of benzene rings is 1. The van der Waals surface area contributed by atoms with Gasteiger partial charge in [-0.3, -0.25) is 4.68 Å². The number of nitriles is 1. The second-order valence-corrected chi connectivity index (χ2v) is 9.43. The van der Waals surface area contributed by atoms with Gasteiger partial charge in [-0.15, -0.1) is 0 Å². The van der Waals surface area contributed by atoms with E-state index in [9.17, 15) is 10.4 Å². The Hall–Kier alpha value is -3.48. The van der Waals surface area contributed by atoms with E-state index in [1.54, 1.807) is 6.20 Å². The van der Waals surface area contributed by atoms with Crippen molar-refractivity contribution in [3.63, 3.8) is 0 Å². The van der Waals surface area contributed by atoms with E-state index in [0.29, 0.717) is 35.5 Å². The van der Waals surface area contributed by atoms with Crippen LogP contribution in [0.2, 0.25) is 0 Å². The van der Waals surface area contributed by atoms with Gasteiger partial charge >= 0.3 is 0 Å². The van der Waals surface area contributed by atoms with E-state index in [4.69, 9.17) is 9.84 Å². The summed E-state index contributed by atoms with van der Waals surface area (Å²) in [5.41, 5.74) is 4.41. The molecule has 2 aliphatic rings. The maximum absolute atomic E-state index is 9.96. The number of fused-ring (bicyclic) bond motifs is 1. The molecule has 0 radical (unpaired) electrons. The molecule has 34 heavy (non-hydrogen) atoms. The third-order valence-electron chi connectivity index (χ3n) is 6.86. The van der Waals surface area contributed by atoms with Crippen molar-refractivity contribution in [1.82, 2.24) is 19.7 Å². The van der Waals surface area contributed by atoms with Gasteiger partial charge in [0, 0.05) is 55.2 Å². The highest BCUT2D eigenvalue weighted by atomic mass is 16.5. The number of aryl methyl sites for hydroxylation is 1. The molecule has 3 aromatic rings. The normalized spacial score (nSPS) is 19.9. The van der Waals surface area contributed by atoms with Crippen LogP contribution in [-0.2, 0) is 16.7 Å². The van der Waals surface area contributed by atoms with Crippen molar-refractivity contribution in [2.75, 3.05) is 37.0 Å². The fourth-order valence-electron chi connectivity index (χ4n) is 4.69. The van der Waals surface area contributed by atoms with Crippen LogP contribution in [0, 0.1) is 24.2 Å². The fraction of sp³-hybridized carbons (Fsp3) is 0.440. The molecule has 3 N–H and O–H groups in total. The molecule has 1 aromatic carbocycles. The lowest BCUT2D eigenvalue weighted by Crippen LogP contribution is -2.28. The molecule has 1 fully saturated rings. The summed E-state index contributed by atoms with van der Waals surface area (Å²) in [6.07, 6.45) is 3.81. The van der Waals surface area contributed by atoms with Gasteiger partial charge in [-0.25, -0.2) is 9.97 Å². The molecular weight excluding hydrogens is 430 g/mol. The topological polar surface area (TPSA) is 121 Å². The first-order chi connectivity index (χ1) is 16.5. The number of ether oxygens (including phenoxy) is 1. The van der Waals surface area contributed by atoms with Crippen molar-refractivity contribution in [3.05, 3.63) is 47.3 Å². The van der Waals surface area contributed by atoms with Crippen LogP contribution >= 0.6 is 0 Å². The number of nitrogens with zero attached hydrogens (tertiary/aromatic N) is 5. The molecule has 1 saturated heterocycles. The standard InChI is InChI=1S/C25H29N7O2/c1-16-9-22(31-32(16)13-17-4-7-34-8-5-17)30-24-27-6-3-21(29-24)18-10-19(12-26)23-20(11-18)25(2,15-33)14-28-23/h3,6,9-11,17,28,33H,4-5,7-8,13-15H2,1-2H3,(H,27,29,30,31)/t25-/m1/s1. The lowest BCUT2D eigenvalue weighted by molar-refractivity contribution is 0.0600. The van der Waals surface area contributed by atoms with Gasteiger partial charge in [0.2, 0.25) is 5.95 Å². The summed E-state index contributed by atoms with van der Waals surface area (Å²) in [7, 11) is 0. The highest BCUT2D eigenvalue weighted by Crippen LogP contribution is 2.41. The van der Waals surface area contributed by atoms with Gasteiger partial charge < -0.3 is 20.5 Å². The minimum absolute atomic E-state index is 0.00616. The molecule has 0 saturated carbocycles. The van der Waals surface area contributed by atoms with Crippen molar-refractivity contribution < 1.29 is 9.84 Å². The lowest BCUT2D eigenvalue weighted by Gasteiger charge is -2.22.